The molecular formula is C11H16N4O3. The molecule has 3 N–H and O–H groups in total. The van der Waals surface area contributed by atoms with E-state index in [-0.39, 0.29) is 0 Å². The van der Waals surface area contributed by atoms with E-state index in [1.165, 1.54) is 6.20 Å². The first-order chi connectivity index (χ1) is 8.52. The highest BCUT2D eigenvalue weighted by Crippen LogP contribution is 2.29. The SMILES string of the molecule is Cn1cc(NC(=O)NC2(C(=O)O)CCCC2)cn1. The van der Waals surface area contributed by atoms with Gasteiger partial charge in [-0.15, -0.1) is 0 Å². The minimum Gasteiger partial charge on any atom is -0.480 e. The lowest BCUT2D eigenvalue weighted by molar-refractivity contribution is -0.144. The maximum absolute atomic E-state index is 11.8. The number of aryl methyl sites for hydroxylation is 1. The van der Waals surface area contributed by atoms with E-state index in [0.717, 1.165) is 12.8 Å². The quantitative estimate of drug-likeness (QED) is 0.745. The number of hydrogen-bond donors (Lipinski definition) is 3. The molecule has 1 aromatic heterocycles. The number of nitrogens with one attached hydrogen (secondary N) is 2. The van der Waals surface area contributed by atoms with E-state index in [9.17, 15) is 14.7 Å². The van der Waals surface area contributed by atoms with Gasteiger partial charge in [-0.05, 0) is 12.8 Å². The van der Waals surface area contributed by atoms with Crippen molar-refractivity contribution >= 4 is 17.7 Å². The Morgan fingerprint density at radius 2 is 2.11 bits per heavy atom. The topological polar surface area (TPSA) is 96.2 Å². The molecule has 98 valence electrons. The molecule has 1 heterocycles. The fourth-order valence-corrected chi connectivity index (χ4v) is 2.24. The molecule has 0 spiro atoms. The van der Waals surface area contributed by atoms with Crippen LogP contribution in [0, 0.1) is 0 Å². The molecule has 0 aliphatic heterocycles. The fourth-order valence-electron chi connectivity index (χ4n) is 2.24. The van der Waals surface area contributed by atoms with E-state index in [4.69, 9.17) is 0 Å². The summed E-state index contributed by atoms with van der Waals surface area (Å²) < 4.78 is 1.55. The number of aliphatic carboxylic acids is 1. The van der Waals surface area contributed by atoms with Crippen LogP contribution in [0.25, 0.3) is 0 Å². The van der Waals surface area contributed by atoms with Crippen LogP contribution in [0.15, 0.2) is 12.4 Å². The summed E-state index contributed by atoms with van der Waals surface area (Å²) in [5.41, 5.74) is -0.583. The predicted octanol–water partition coefficient (Wildman–Crippen LogP) is 0.939. The molecule has 0 unspecified atom stereocenters. The van der Waals surface area contributed by atoms with E-state index in [2.05, 4.69) is 15.7 Å². The van der Waals surface area contributed by atoms with Crippen LogP contribution in [0.5, 0.6) is 0 Å². The van der Waals surface area contributed by atoms with E-state index in [1.54, 1.807) is 17.9 Å². The summed E-state index contributed by atoms with van der Waals surface area (Å²) in [5.74, 6) is -0.971. The number of carboxylic acid groups (broad SMARTS) is 1. The van der Waals surface area contributed by atoms with Gasteiger partial charge < -0.3 is 15.7 Å². The summed E-state index contributed by atoms with van der Waals surface area (Å²) in [6.07, 6.45) is 5.73. The minimum atomic E-state index is -1.12. The number of aromatic nitrogens is 2. The molecule has 1 aromatic rings. The van der Waals surface area contributed by atoms with Gasteiger partial charge in [0.05, 0.1) is 11.9 Å². The highest BCUT2D eigenvalue weighted by molar-refractivity contribution is 5.93. The van der Waals surface area contributed by atoms with Gasteiger partial charge in [0.15, 0.2) is 0 Å². The van der Waals surface area contributed by atoms with Gasteiger partial charge in [0.1, 0.15) is 5.54 Å². The molecule has 1 aliphatic carbocycles. The van der Waals surface area contributed by atoms with Crippen molar-refractivity contribution in [3.8, 4) is 0 Å². The second-order valence-corrected chi connectivity index (χ2v) is 4.58. The normalized spacial score (nSPS) is 17.4. The summed E-state index contributed by atoms with van der Waals surface area (Å²) in [6.45, 7) is 0. The molecule has 1 aliphatic rings. The van der Waals surface area contributed by atoms with Crippen molar-refractivity contribution in [2.24, 2.45) is 7.05 Å². The Balaban J connectivity index is 1.99. The second kappa shape index (κ2) is 4.67. The number of carboxylic acids is 1. The van der Waals surface area contributed by atoms with E-state index in [1.807, 2.05) is 0 Å². The zero-order chi connectivity index (χ0) is 13.2. The lowest BCUT2D eigenvalue weighted by Gasteiger charge is -2.25. The molecule has 0 saturated heterocycles. The van der Waals surface area contributed by atoms with Crippen LogP contribution in [-0.4, -0.2) is 32.4 Å². The van der Waals surface area contributed by atoms with Crippen LogP contribution in [0.2, 0.25) is 0 Å². The van der Waals surface area contributed by atoms with E-state index >= 15 is 0 Å². The molecule has 2 amide bonds. The summed E-state index contributed by atoms with van der Waals surface area (Å²) in [6, 6.07) is -0.507. The Bertz CT molecular complexity index is 463. The molecule has 2 rings (SSSR count). The number of hydrogen-bond acceptors (Lipinski definition) is 3. The van der Waals surface area contributed by atoms with Gasteiger partial charge in [0, 0.05) is 13.2 Å². The third-order valence-electron chi connectivity index (χ3n) is 3.18. The lowest BCUT2D eigenvalue weighted by Crippen LogP contribution is -2.53. The van der Waals surface area contributed by atoms with Crippen LogP contribution in [0.4, 0.5) is 10.5 Å². The Labute approximate surface area is 104 Å². The average Bonchev–Trinajstić information content (AvgIpc) is 2.89. The standard InChI is InChI=1S/C11H16N4O3/c1-15-7-8(6-12-15)13-10(18)14-11(9(16)17)4-2-3-5-11/h6-7H,2-5H2,1H3,(H,16,17)(H2,13,14,18). The third kappa shape index (κ3) is 2.44. The second-order valence-electron chi connectivity index (χ2n) is 4.58. The number of nitrogens with zero attached hydrogens (tertiary/aromatic N) is 2. The highest BCUT2D eigenvalue weighted by Gasteiger charge is 2.42. The minimum absolute atomic E-state index is 0.475. The number of carbonyl (C=O) groups excluding carboxylic acids is 1. The molecule has 1 fully saturated rings. The van der Waals surface area contributed by atoms with E-state index in [0.29, 0.717) is 18.5 Å². The van der Waals surface area contributed by atoms with Crippen molar-refractivity contribution in [1.29, 1.82) is 0 Å². The number of urea groups is 1. The van der Waals surface area contributed by atoms with Gasteiger partial charge in [-0.2, -0.15) is 5.10 Å². The third-order valence-corrected chi connectivity index (χ3v) is 3.18. The van der Waals surface area contributed by atoms with Gasteiger partial charge in [0.25, 0.3) is 0 Å². The maximum Gasteiger partial charge on any atom is 0.329 e. The Morgan fingerprint density at radius 3 is 2.61 bits per heavy atom. The molecule has 18 heavy (non-hydrogen) atoms. The monoisotopic (exact) mass is 252 g/mol. The van der Waals surface area contributed by atoms with Crippen molar-refractivity contribution in [2.75, 3.05) is 5.32 Å². The largest absolute Gasteiger partial charge is 0.480 e. The predicted molar refractivity (Wildman–Crippen MR) is 64.2 cm³/mol. The fraction of sp³-hybridized carbons (Fsp3) is 0.545. The van der Waals surface area contributed by atoms with Crippen molar-refractivity contribution in [1.82, 2.24) is 15.1 Å². The summed E-state index contributed by atoms with van der Waals surface area (Å²) in [4.78, 5) is 23.0. The van der Waals surface area contributed by atoms with Gasteiger partial charge in [-0.25, -0.2) is 9.59 Å². The summed E-state index contributed by atoms with van der Waals surface area (Å²) >= 11 is 0. The number of carbonyl (C=O) groups is 2. The van der Waals surface area contributed by atoms with Gasteiger partial charge in [-0.1, -0.05) is 12.8 Å². The number of anilines is 1. The van der Waals surface area contributed by atoms with Gasteiger partial charge in [-0.3, -0.25) is 4.68 Å². The van der Waals surface area contributed by atoms with Crippen molar-refractivity contribution in [2.45, 2.75) is 31.2 Å². The Morgan fingerprint density at radius 1 is 1.44 bits per heavy atom. The molecule has 1 saturated carbocycles. The highest BCUT2D eigenvalue weighted by atomic mass is 16.4. The first-order valence-electron chi connectivity index (χ1n) is 5.83. The molecule has 0 atom stereocenters. The first kappa shape index (κ1) is 12.4. The summed E-state index contributed by atoms with van der Waals surface area (Å²) in [5, 5.41) is 18.3. The maximum atomic E-state index is 11.8. The van der Waals surface area contributed by atoms with E-state index < -0.39 is 17.5 Å². The zero-order valence-corrected chi connectivity index (χ0v) is 10.1. The van der Waals surface area contributed by atoms with Crippen molar-refractivity contribution < 1.29 is 14.7 Å². The Hall–Kier alpha value is -2.05. The molecule has 0 bridgehead atoms. The van der Waals surface area contributed by atoms with Crippen molar-refractivity contribution in [3.05, 3.63) is 12.4 Å². The lowest BCUT2D eigenvalue weighted by atomic mass is 9.98. The zero-order valence-electron chi connectivity index (χ0n) is 10.1. The average molecular weight is 252 g/mol. The molecule has 0 radical (unpaired) electrons. The van der Waals surface area contributed by atoms with Crippen LogP contribution < -0.4 is 10.6 Å². The molecule has 7 nitrogen and oxygen atoms in total. The van der Waals surface area contributed by atoms with Crippen LogP contribution in [0.1, 0.15) is 25.7 Å². The van der Waals surface area contributed by atoms with Crippen molar-refractivity contribution in [3.63, 3.8) is 0 Å². The van der Waals surface area contributed by atoms with Gasteiger partial charge >= 0.3 is 12.0 Å². The number of rotatable bonds is 3. The number of amides is 2. The van der Waals surface area contributed by atoms with Crippen LogP contribution >= 0.6 is 0 Å². The molecular weight excluding hydrogens is 236 g/mol. The smallest absolute Gasteiger partial charge is 0.329 e. The van der Waals surface area contributed by atoms with Crippen LogP contribution in [0.3, 0.4) is 0 Å². The molecule has 0 aromatic carbocycles. The van der Waals surface area contributed by atoms with Gasteiger partial charge in [0.2, 0.25) is 0 Å². The Kier molecular flexibility index (Phi) is 3.22. The summed E-state index contributed by atoms with van der Waals surface area (Å²) in [7, 11) is 1.73. The van der Waals surface area contributed by atoms with Crippen LogP contribution in [-0.2, 0) is 11.8 Å². The first-order valence-corrected chi connectivity index (χ1v) is 5.83. The molecule has 7 heteroatoms.